The summed E-state index contributed by atoms with van der Waals surface area (Å²) < 4.78 is 0. The normalized spacial score (nSPS) is 15.7. The van der Waals surface area contributed by atoms with Crippen molar-refractivity contribution in [3.8, 4) is 10.4 Å². The van der Waals surface area contributed by atoms with Gasteiger partial charge in [0.2, 0.25) is 5.91 Å². The quantitative estimate of drug-likeness (QED) is 0.916. The van der Waals surface area contributed by atoms with Crippen LogP contribution in [0, 0.1) is 0 Å². The van der Waals surface area contributed by atoms with Crippen LogP contribution in [0.4, 0.5) is 0 Å². The van der Waals surface area contributed by atoms with E-state index in [1.54, 1.807) is 18.3 Å². The summed E-state index contributed by atoms with van der Waals surface area (Å²) in [4.78, 5) is 19.3. The third kappa shape index (κ3) is 3.79. The molecule has 1 saturated heterocycles. The van der Waals surface area contributed by atoms with Crippen LogP contribution in [0.15, 0.2) is 30.5 Å². The molecule has 2 aromatic rings. The predicted molar refractivity (Wildman–Crippen MR) is 94.5 cm³/mol. The second kappa shape index (κ2) is 6.81. The first kappa shape index (κ1) is 16.1. The smallest absolute Gasteiger partial charge is 0.217 e. The topological polar surface area (TPSA) is 45.2 Å². The molecule has 0 unspecified atom stereocenters. The third-order valence-corrected chi connectivity index (χ3v) is 5.47. The van der Waals surface area contributed by atoms with Crippen molar-refractivity contribution in [2.24, 2.45) is 0 Å². The van der Waals surface area contributed by atoms with E-state index in [2.05, 4.69) is 41.2 Å². The van der Waals surface area contributed by atoms with Gasteiger partial charge in [0.05, 0.1) is 9.88 Å². The Morgan fingerprint density at radius 3 is 2.91 bits per heavy atom. The first-order valence-electron chi connectivity index (χ1n) is 8.06. The summed E-state index contributed by atoms with van der Waals surface area (Å²) >= 11 is 1.79. The molecule has 5 heteroatoms. The molecule has 1 aliphatic heterocycles. The molecule has 0 aliphatic carbocycles. The number of carbonyl (C=O) groups is 1. The van der Waals surface area contributed by atoms with E-state index in [1.807, 2.05) is 18.3 Å². The standard InChI is InChI=1S/C18H23N3OS/c1-12(2)21-10-16(11-21)18-20-9-17(23-18)15-6-4-5-14(7-15)8-19-13(3)22/h4-7,9,12,16H,8,10-11H2,1-3H3,(H,19,22). The Labute approximate surface area is 141 Å². The van der Waals surface area contributed by atoms with E-state index in [9.17, 15) is 4.79 Å². The molecule has 0 saturated carbocycles. The van der Waals surface area contributed by atoms with Gasteiger partial charge in [0.25, 0.3) is 0 Å². The van der Waals surface area contributed by atoms with Crippen LogP contribution in [0.3, 0.4) is 0 Å². The first-order valence-corrected chi connectivity index (χ1v) is 8.88. The number of amides is 1. The van der Waals surface area contributed by atoms with Gasteiger partial charge in [-0.3, -0.25) is 9.69 Å². The molecule has 1 aliphatic rings. The SMILES string of the molecule is CC(=O)NCc1cccc(-c2cnc(C3CN(C(C)C)C3)s2)c1. The van der Waals surface area contributed by atoms with Gasteiger partial charge in [0.15, 0.2) is 0 Å². The summed E-state index contributed by atoms with van der Waals surface area (Å²) in [5.41, 5.74) is 2.29. The highest BCUT2D eigenvalue weighted by atomic mass is 32.1. The molecule has 1 N–H and O–H groups in total. The van der Waals surface area contributed by atoms with Gasteiger partial charge in [-0.25, -0.2) is 4.98 Å². The zero-order valence-electron chi connectivity index (χ0n) is 13.9. The van der Waals surface area contributed by atoms with Gasteiger partial charge < -0.3 is 5.32 Å². The summed E-state index contributed by atoms with van der Waals surface area (Å²) in [6, 6.07) is 8.93. The lowest BCUT2D eigenvalue weighted by molar-refractivity contribution is -0.119. The molecular formula is C18H23N3OS. The molecule has 2 heterocycles. The molecule has 23 heavy (non-hydrogen) atoms. The number of nitrogens with one attached hydrogen (secondary N) is 1. The number of rotatable bonds is 5. The molecule has 1 aromatic carbocycles. The van der Waals surface area contributed by atoms with Crippen LogP contribution in [-0.2, 0) is 11.3 Å². The molecule has 122 valence electrons. The lowest BCUT2D eigenvalue weighted by Gasteiger charge is -2.41. The number of carbonyl (C=O) groups excluding carboxylic acids is 1. The Morgan fingerprint density at radius 1 is 1.43 bits per heavy atom. The van der Waals surface area contributed by atoms with Crippen molar-refractivity contribution in [2.75, 3.05) is 13.1 Å². The first-order chi connectivity index (χ1) is 11.0. The van der Waals surface area contributed by atoms with E-state index in [1.165, 1.54) is 15.4 Å². The highest BCUT2D eigenvalue weighted by Crippen LogP contribution is 2.35. The highest BCUT2D eigenvalue weighted by Gasteiger charge is 2.31. The molecule has 0 bridgehead atoms. The van der Waals surface area contributed by atoms with Crippen molar-refractivity contribution in [3.05, 3.63) is 41.0 Å². The van der Waals surface area contributed by atoms with E-state index < -0.39 is 0 Å². The second-order valence-corrected chi connectivity index (χ2v) is 7.48. The maximum absolute atomic E-state index is 11.0. The maximum Gasteiger partial charge on any atom is 0.217 e. The van der Waals surface area contributed by atoms with Gasteiger partial charge in [-0.05, 0) is 31.0 Å². The Balaban J connectivity index is 1.68. The molecule has 0 atom stereocenters. The van der Waals surface area contributed by atoms with Gasteiger partial charge >= 0.3 is 0 Å². The van der Waals surface area contributed by atoms with Crippen LogP contribution >= 0.6 is 11.3 Å². The zero-order chi connectivity index (χ0) is 16.4. The maximum atomic E-state index is 11.0. The van der Waals surface area contributed by atoms with Crippen LogP contribution in [0.2, 0.25) is 0 Å². The Kier molecular flexibility index (Phi) is 4.78. The number of hydrogen-bond acceptors (Lipinski definition) is 4. The van der Waals surface area contributed by atoms with Crippen LogP contribution in [0.5, 0.6) is 0 Å². The van der Waals surface area contributed by atoms with Crippen LogP contribution < -0.4 is 5.32 Å². The predicted octanol–water partition coefficient (Wildman–Crippen LogP) is 3.25. The third-order valence-electron chi connectivity index (χ3n) is 4.27. The number of likely N-dealkylation sites (tertiary alicyclic amines) is 1. The fraction of sp³-hybridized carbons (Fsp3) is 0.444. The van der Waals surface area contributed by atoms with Crippen molar-refractivity contribution >= 4 is 17.2 Å². The molecule has 0 radical (unpaired) electrons. The second-order valence-electron chi connectivity index (χ2n) is 6.42. The van der Waals surface area contributed by atoms with Crippen molar-refractivity contribution < 1.29 is 4.79 Å². The molecule has 1 fully saturated rings. The molecule has 3 rings (SSSR count). The fourth-order valence-electron chi connectivity index (χ4n) is 2.76. The Hall–Kier alpha value is -1.72. The summed E-state index contributed by atoms with van der Waals surface area (Å²) in [5, 5.41) is 4.08. The van der Waals surface area contributed by atoms with E-state index in [4.69, 9.17) is 0 Å². The van der Waals surface area contributed by atoms with Crippen LogP contribution in [-0.4, -0.2) is 34.9 Å². The average molecular weight is 329 g/mol. The van der Waals surface area contributed by atoms with E-state index >= 15 is 0 Å². The van der Waals surface area contributed by atoms with Crippen molar-refractivity contribution in [2.45, 2.75) is 39.3 Å². The lowest BCUT2D eigenvalue weighted by Crippen LogP contribution is -2.48. The Bertz CT molecular complexity index is 689. The van der Waals surface area contributed by atoms with Gasteiger partial charge in [0, 0.05) is 44.7 Å². The number of aromatic nitrogens is 1. The molecule has 1 aromatic heterocycles. The minimum Gasteiger partial charge on any atom is -0.352 e. The summed E-state index contributed by atoms with van der Waals surface area (Å²) in [6.07, 6.45) is 1.98. The summed E-state index contributed by atoms with van der Waals surface area (Å²) in [5.74, 6) is 0.578. The zero-order valence-corrected chi connectivity index (χ0v) is 14.7. The van der Waals surface area contributed by atoms with E-state index in [0.717, 1.165) is 18.7 Å². The molecular weight excluding hydrogens is 306 g/mol. The van der Waals surface area contributed by atoms with Gasteiger partial charge in [-0.2, -0.15) is 0 Å². The molecule has 4 nitrogen and oxygen atoms in total. The monoisotopic (exact) mass is 329 g/mol. The fourth-order valence-corrected chi connectivity index (χ4v) is 3.76. The molecule has 1 amide bonds. The minimum atomic E-state index is -0.00447. The largest absolute Gasteiger partial charge is 0.352 e. The highest BCUT2D eigenvalue weighted by molar-refractivity contribution is 7.15. The number of hydrogen-bond donors (Lipinski definition) is 1. The number of thiazole rings is 1. The minimum absolute atomic E-state index is 0.00447. The average Bonchev–Trinajstić information content (AvgIpc) is 2.93. The van der Waals surface area contributed by atoms with Crippen molar-refractivity contribution in [1.29, 1.82) is 0 Å². The van der Waals surface area contributed by atoms with E-state index in [0.29, 0.717) is 18.5 Å². The number of benzene rings is 1. The van der Waals surface area contributed by atoms with Gasteiger partial charge in [-0.1, -0.05) is 18.2 Å². The van der Waals surface area contributed by atoms with Gasteiger partial charge in [0.1, 0.15) is 0 Å². The molecule has 0 spiro atoms. The van der Waals surface area contributed by atoms with Gasteiger partial charge in [-0.15, -0.1) is 11.3 Å². The summed E-state index contributed by atoms with van der Waals surface area (Å²) in [7, 11) is 0. The number of nitrogens with zero attached hydrogens (tertiary/aromatic N) is 2. The van der Waals surface area contributed by atoms with E-state index in [-0.39, 0.29) is 5.91 Å². The lowest BCUT2D eigenvalue weighted by atomic mass is 9.99. The van der Waals surface area contributed by atoms with Crippen LogP contribution in [0.25, 0.3) is 10.4 Å². The van der Waals surface area contributed by atoms with Crippen LogP contribution in [0.1, 0.15) is 37.3 Å². The van der Waals surface area contributed by atoms with Crippen molar-refractivity contribution in [1.82, 2.24) is 15.2 Å². The van der Waals surface area contributed by atoms with Crippen molar-refractivity contribution in [3.63, 3.8) is 0 Å². The Morgan fingerprint density at radius 2 is 2.22 bits per heavy atom. The summed E-state index contributed by atoms with van der Waals surface area (Å²) in [6.45, 7) is 8.83.